The van der Waals surface area contributed by atoms with Crippen molar-refractivity contribution in [3.63, 3.8) is 0 Å². The van der Waals surface area contributed by atoms with E-state index in [0.717, 1.165) is 11.8 Å². The summed E-state index contributed by atoms with van der Waals surface area (Å²) >= 11 is 0. The minimum absolute atomic E-state index is 0.596. The average Bonchev–Trinajstić information content (AvgIpc) is 2.51. The molecule has 0 bridgehead atoms. The van der Waals surface area contributed by atoms with Crippen LogP contribution in [0.4, 0.5) is 0 Å². The molecule has 3 nitrogen and oxygen atoms in total. The van der Waals surface area contributed by atoms with Crippen molar-refractivity contribution >= 4 is 0 Å². The van der Waals surface area contributed by atoms with E-state index >= 15 is 0 Å². The lowest BCUT2D eigenvalue weighted by Gasteiger charge is -2.33. The highest BCUT2D eigenvalue weighted by Crippen LogP contribution is 2.25. The van der Waals surface area contributed by atoms with Crippen molar-refractivity contribution in [2.24, 2.45) is 11.8 Å². The molecule has 0 aliphatic heterocycles. The number of rotatable bonds is 4. The SMILES string of the molecule is CC1CCCCCCCC(C)C1NNNC1CCCCC1. The number of nitrogens with one attached hydrogen (secondary N) is 3. The van der Waals surface area contributed by atoms with E-state index in [1.165, 1.54) is 77.0 Å². The van der Waals surface area contributed by atoms with Gasteiger partial charge in [0, 0.05) is 12.1 Å². The fourth-order valence-corrected chi connectivity index (χ4v) is 4.14. The van der Waals surface area contributed by atoms with Crippen molar-refractivity contribution < 1.29 is 0 Å². The Morgan fingerprint density at radius 2 is 1.05 bits per heavy atom. The van der Waals surface area contributed by atoms with E-state index < -0.39 is 0 Å². The first kappa shape index (κ1) is 17.2. The summed E-state index contributed by atoms with van der Waals surface area (Å²) in [6, 6.07) is 1.26. The van der Waals surface area contributed by atoms with Gasteiger partial charge in [-0.3, -0.25) is 0 Å². The first-order chi connectivity index (χ1) is 10.3. The number of hydrazine groups is 2. The molecule has 0 spiro atoms. The van der Waals surface area contributed by atoms with E-state index in [-0.39, 0.29) is 0 Å². The Labute approximate surface area is 132 Å². The molecule has 2 atom stereocenters. The first-order valence-electron chi connectivity index (χ1n) is 9.53. The van der Waals surface area contributed by atoms with Crippen molar-refractivity contribution in [3.8, 4) is 0 Å². The van der Waals surface area contributed by atoms with Crippen molar-refractivity contribution in [1.82, 2.24) is 16.4 Å². The quantitative estimate of drug-likeness (QED) is 0.677. The van der Waals surface area contributed by atoms with Crippen LogP contribution in [0.15, 0.2) is 0 Å². The van der Waals surface area contributed by atoms with Gasteiger partial charge in [0.25, 0.3) is 0 Å². The Kier molecular flexibility index (Phi) is 8.05. The van der Waals surface area contributed by atoms with E-state index in [1.807, 2.05) is 0 Å². The van der Waals surface area contributed by atoms with Gasteiger partial charge in [-0.15, -0.1) is 0 Å². The number of hydrogen-bond acceptors (Lipinski definition) is 3. The summed E-state index contributed by atoms with van der Waals surface area (Å²) in [6.45, 7) is 4.86. The molecule has 0 radical (unpaired) electrons. The van der Waals surface area contributed by atoms with Gasteiger partial charge in [-0.25, -0.2) is 10.9 Å². The zero-order valence-electron chi connectivity index (χ0n) is 14.3. The molecule has 2 fully saturated rings. The van der Waals surface area contributed by atoms with E-state index in [1.54, 1.807) is 0 Å². The minimum atomic E-state index is 0.596. The molecule has 124 valence electrons. The molecule has 2 saturated carbocycles. The predicted molar refractivity (Wildman–Crippen MR) is 90.7 cm³/mol. The lowest BCUT2D eigenvalue weighted by Crippen LogP contribution is -2.56. The molecule has 0 aromatic carbocycles. The Morgan fingerprint density at radius 1 is 0.571 bits per heavy atom. The van der Waals surface area contributed by atoms with Crippen molar-refractivity contribution in [2.75, 3.05) is 0 Å². The molecule has 2 aliphatic rings. The largest absolute Gasteiger partial charge is 0.241 e. The molecule has 2 rings (SSSR count). The van der Waals surface area contributed by atoms with Gasteiger partial charge in [0.2, 0.25) is 0 Å². The standard InChI is InChI=1S/C18H37N3/c1-15-11-7-4-3-5-8-12-16(2)18(15)20-21-19-17-13-9-6-10-14-17/h15-21H,3-14H2,1-2H3. The molecule has 2 aliphatic carbocycles. The van der Waals surface area contributed by atoms with Crippen LogP contribution < -0.4 is 16.4 Å². The molecular formula is C18H37N3. The maximum absolute atomic E-state index is 3.62. The highest BCUT2D eigenvalue weighted by molar-refractivity contribution is 4.79. The van der Waals surface area contributed by atoms with E-state index in [0.29, 0.717) is 12.1 Å². The summed E-state index contributed by atoms with van der Waals surface area (Å²) in [5.74, 6) is 1.53. The summed E-state index contributed by atoms with van der Waals surface area (Å²) in [4.78, 5) is 0. The molecular weight excluding hydrogens is 258 g/mol. The summed E-state index contributed by atoms with van der Waals surface area (Å²) < 4.78 is 0. The van der Waals surface area contributed by atoms with E-state index in [4.69, 9.17) is 0 Å². The van der Waals surface area contributed by atoms with Crippen LogP contribution in [0.5, 0.6) is 0 Å². The van der Waals surface area contributed by atoms with Crippen molar-refractivity contribution in [1.29, 1.82) is 0 Å². The maximum Gasteiger partial charge on any atom is 0.0277 e. The lowest BCUT2D eigenvalue weighted by molar-refractivity contribution is 0.193. The third kappa shape index (κ3) is 6.25. The fraction of sp³-hybridized carbons (Fsp3) is 1.00. The predicted octanol–water partition coefficient (Wildman–Crippen LogP) is 4.30. The Bertz CT molecular complexity index is 249. The molecule has 0 aromatic rings. The third-order valence-corrected chi connectivity index (χ3v) is 5.67. The average molecular weight is 296 g/mol. The van der Waals surface area contributed by atoms with Gasteiger partial charge in [-0.05, 0) is 37.5 Å². The summed E-state index contributed by atoms with van der Waals surface area (Å²) in [5, 5.41) is 0. The van der Waals surface area contributed by atoms with Crippen LogP contribution in [0.3, 0.4) is 0 Å². The maximum atomic E-state index is 3.62. The van der Waals surface area contributed by atoms with E-state index in [9.17, 15) is 0 Å². The van der Waals surface area contributed by atoms with Crippen LogP contribution in [-0.2, 0) is 0 Å². The van der Waals surface area contributed by atoms with Gasteiger partial charge in [0.15, 0.2) is 0 Å². The van der Waals surface area contributed by atoms with Gasteiger partial charge >= 0.3 is 0 Å². The Morgan fingerprint density at radius 3 is 1.67 bits per heavy atom. The van der Waals surface area contributed by atoms with Gasteiger partial charge in [0.05, 0.1) is 0 Å². The Balaban J connectivity index is 1.75. The third-order valence-electron chi connectivity index (χ3n) is 5.67. The van der Waals surface area contributed by atoms with Crippen LogP contribution in [0.1, 0.15) is 90.9 Å². The molecule has 3 heteroatoms. The molecule has 0 amide bonds. The van der Waals surface area contributed by atoms with Crippen molar-refractivity contribution in [3.05, 3.63) is 0 Å². The first-order valence-corrected chi connectivity index (χ1v) is 9.53. The lowest BCUT2D eigenvalue weighted by atomic mass is 9.83. The fourth-order valence-electron chi connectivity index (χ4n) is 4.14. The smallest absolute Gasteiger partial charge is 0.0277 e. The monoisotopic (exact) mass is 295 g/mol. The van der Waals surface area contributed by atoms with Crippen LogP contribution in [0.2, 0.25) is 0 Å². The van der Waals surface area contributed by atoms with E-state index in [2.05, 4.69) is 30.2 Å². The molecule has 21 heavy (non-hydrogen) atoms. The molecule has 3 N–H and O–H groups in total. The topological polar surface area (TPSA) is 36.1 Å². The van der Waals surface area contributed by atoms with Crippen LogP contribution >= 0.6 is 0 Å². The normalized spacial score (nSPS) is 33.7. The van der Waals surface area contributed by atoms with Gasteiger partial charge in [0.1, 0.15) is 0 Å². The zero-order chi connectivity index (χ0) is 14.9. The minimum Gasteiger partial charge on any atom is -0.241 e. The Hall–Kier alpha value is -0.120. The van der Waals surface area contributed by atoms with Crippen LogP contribution in [-0.4, -0.2) is 12.1 Å². The number of hydrogen-bond donors (Lipinski definition) is 3. The summed E-state index contributed by atoms with van der Waals surface area (Å²) in [6.07, 6.45) is 16.7. The zero-order valence-corrected chi connectivity index (χ0v) is 14.3. The van der Waals surface area contributed by atoms with Crippen molar-refractivity contribution in [2.45, 2.75) is 103 Å². The summed E-state index contributed by atoms with van der Waals surface area (Å²) in [7, 11) is 0. The molecule has 0 heterocycles. The van der Waals surface area contributed by atoms with Gasteiger partial charge in [-0.1, -0.05) is 65.2 Å². The second kappa shape index (κ2) is 9.81. The van der Waals surface area contributed by atoms with Gasteiger partial charge < -0.3 is 0 Å². The molecule has 2 unspecified atom stereocenters. The highest BCUT2D eigenvalue weighted by atomic mass is 15.6. The second-order valence-electron chi connectivity index (χ2n) is 7.57. The second-order valence-corrected chi connectivity index (χ2v) is 7.57. The summed E-state index contributed by atoms with van der Waals surface area (Å²) in [5.41, 5.74) is 10.5. The molecule has 0 saturated heterocycles. The van der Waals surface area contributed by atoms with Gasteiger partial charge in [-0.2, -0.15) is 5.53 Å². The highest BCUT2D eigenvalue weighted by Gasteiger charge is 2.24. The molecule has 0 aromatic heterocycles. The van der Waals surface area contributed by atoms with Crippen LogP contribution in [0.25, 0.3) is 0 Å². The van der Waals surface area contributed by atoms with Crippen LogP contribution in [0, 0.1) is 11.8 Å².